The van der Waals surface area contributed by atoms with Crippen LogP contribution in [-0.4, -0.2) is 21.9 Å². The van der Waals surface area contributed by atoms with Crippen molar-refractivity contribution in [3.63, 3.8) is 0 Å². The van der Waals surface area contributed by atoms with Crippen molar-refractivity contribution in [2.75, 3.05) is 0 Å². The van der Waals surface area contributed by atoms with Gasteiger partial charge < -0.3 is 10.2 Å². The van der Waals surface area contributed by atoms with Crippen LogP contribution in [0.15, 0.2) is 0 Å². The zero-order chi connectivity index (χ0) is 8.91. The van der Waals surface area contributed by atoms with Gasteiger partial charge in [0.2, 0.25) is 0 Å². The summed E-state index contributed by atoms with van der Waals surface area (Å²) in [5.74, 6) is 5.41. The minimum atomic E-state index is -1.21. The van der Waals surface area contributed by atoms with Gasteiger partial charge in [-0.2, -0.15) is 0 Å². The first-order valence-electron chi connectivity index (χ1n) is 3.97. The molecule has 64 valence electrons. The second-order valence-corrected chi connectivity index (χ2v) is 2.61. The molecule has 0 heterocycles. The van der Waals surface area contributed by atoms with Crippen molar-refractivity contribution >= 4 is 0 Å². The molecule has 0 aliphatic carbocycles. The van der Waals surface area contributed by atoms with Gasteiger partial charge in [0.1, 0.15) is 0 Å². The van der Waals surface area contributed by atoms with E-state index < -0.39 is 11.7 Å². The normalized spacial score (nSPS) is 17.9. The molecule has 0 amide bonds. The first-order valence-corrected chi connectivity index (χ1v) is 3.97. The largest absolute Gasteiger partial charge is 0.389 e. The smallest absolute Gasteiger partial charge is 0.150 e. The molecular formula is C9H16O2. The van der Waals surface area contributed by atoms with E-state index in [1.165, 1.54) is 0 Å². The molecule has 0 aliphatic rings. The number of aliphatic hydroxyl groups is 2. The first-order chi connectivity index (χ1) is 5.06. The topological polar surface area (TPSA) is 40.5 Å². The summed E-state index contributed by atoms with van der Waals surface area (Å²) >= 11 is 0. The lowest BCUT2D eigenvalue weighted by Gasteiger charge is -2.23. The Bertz CT molecular complexity index is 164. The molecule has 2 heteroatoms. The highest BCUT2D eigenvalue weighted by atomic mass is 16.3. The van der Waals surface area contributed by atoms with Gasteiger partial charge in [0, 0.05) is 6.42 Å². The van der Waals surface area contributed by atoms with E-state index in [-0.39, 0.29) is 0 Å². The van der Waals surface area contributed by atoms with Crippen LogP contribution in [0.4, 0.5) is 0 Å². The molecule has 2 nitrogen and oxygen atoms in total. The highest BCUT2D eigenvalue weighted by molar-refractivity contribution is 5.15. The van der Waals surface area contributed by atoms with Crippen LogP contribution in [0.1, 0.15) is 33.6 Å². The van der Waals surface area contributed by atoms with Gasteiger partial charge in [0.25, 0.3) is 0 Å². The molecule has 0 aromatic heterocycles. The van der Waals surface area contributed by atoms with E-state index in [4.69, 9.17) is 5.11 Å². The summed E-state index contributed by atoms with van der Waals surface area (Å²) in [6.45, 7) is 5.26. The minimum absolute atomic E-state index is 0.456. The molecule has 11 heavy (non-hydrogen) atoms. The Morgan fingerprint density at radius 2 is 2.00 bits per heavy atom. The number of aliphatic hydroxyl groups excluding tert-OH is 1. The van der Waals surface area contributed by atoms with Gasteiger partial charge in [-0.15, -0.1) is 5.92 Å². The van der Waals surface area contributed by atoms with Gasteiger partial charge in [-0.3, -0.25) is 0 Å². The van der Waals surface area contributed by atoms with Crippen LogP contribution in [0.5, 0.6) is 0 Å². The Hall–Kier alpha value is -0.520. The summed E-state index contributed by atoms with van der Waals surface area (Å²) in [6, 6.07) is 0. The standard InChI is InChI=1S/C9H16O2/c1-4-6-7-9(11,5-2)8(3)10/h8,10-11H,4-5H2,1-3H3. The van der Waals surface area contributed by atoms with Crippen molar-refractivity contribution < 1.29 is 10.2 Å². The fraction of sp³-hybridized carbons (Fsp3) is 0.778. The Labute approximate surface area is 68.2 Å². The van der Waals surface area contributed by atoms with E-state index in [9.17, 15) is 5.11 Å². The molecule has 0 saturated carbocycles. The molecule has 0 bridgehead atoms. The highest BCUT2D eigenvalue weighted by Crippen LogP contribution is 2.13. The van der Waals surface area contributed by atoms with Crippen molar-refractivity contribution in [3.8, 4) is 11.8 Å². The maximum absolute atomic E-state index is 9.60. The fourth-order valence-corrected chi connectivity index (χ4v) is 0.730. The number of hydrogen-bond acceptors (Lipinski definition) is 2. The van der Waals surface area contributed by atoms with E-state index in [1.54, 1.807) is 13.8 Å². The second kappa shape index (κ2) is 4.38. The van der Waals surface area contributed by atoms with E-state index >= 15 is 0 Å². The third-order valence-corrected chi connectivity index (χ3v) is 1.71. The van der Waals surface area contributed by atoms with Crippen LogP contribution in [-0.2, 0) is 0 Å². The third kappa shape index (κ3) is 2.92. The maximum atomic E-state index is 9.60. The van der Waals surface area contributed by atoms with E-state index in [0.29, 0.717) is 12.8 Å². The molecule has 0 spiro atoms. The lowest BCUT2D eigenvalue weighted by atomic mass is 9.95. The van der Waals surface area contributed by atoms with Gasteiger partial charge in [0.05, 0.1) is 6.10 Å². The highest BCUT2D eigenvalue weighted by Gasteiger charge is 2.27. The van der Waals surface area contributed by atoms with E-state index in [0.717, 1.165) is 0 Å². The predicted molar refractivity (Wildman–Crippen MR) is 45.0 cm³/mol. The fourth-order valence-electron chi connectivity index (χ4n) is 0.730. The van der Waals surface area contributed by atoms with Gasteiger partial charge in [0.15, 0.2) is 5.60 Å². The van der Waals surface area contributed by atoms with Crippen molar-refractivity contribution in [2.24, 2.45) is 0 Å². The number of hydrogen-bond donors (Lipinski definition) is 2. The Balaban J connectivity index is 4.34. The predicted octanol–water partition coefficient (Wildman–Crippen LogP) is 0.922. The molecule has 0 saturated heterocycles. The summed E-state index contributed by atoms with van der Waals surface area (Å²) in [7, 11) is 0. The molecule has 0 radical (unpaired) electrons. The molecule has 0 aromatic rings. The van der Waals surface area contributed by atoms with E-state index in [1.807, 2.05) is 6.92 Å². The van der Waals surface area contributed by atoms with Gasteiger partial charge in [-0.1, -0.05) is 19.8 Å². The van der Waals surface area contributed by atoms with Gasteiger partial charge in [-0.05, 0) is 13.3 Å². The summed E-state index contributed by atoms with van der Waals surface area (Å²) < 4.78 is 0. The van der Waals surface area contributed by atoms with Crippen LogP contribution in [0.2, 0.25) is 0 Å². The third-order valence-electron chi connectivity index (χ3n) is 1.71. The van der Waals surface area contributed by atoms with Crippen LogP contribution in [0, 0.1) is 11.8 Å². The summed E-state index contributed by atoms with van der Waals surface area (Å²) in [5.41, 5.74) is -1.21. The average Bonchev–Trinajstić information content (AvgIpc) is 2.00. The Kier molecular flexibility index (Phi) is 4.17. The van der Waals surface area contributed by atoms with Crippen molar-refractivity contribution in [3.05, 3.63) is 0 Å². The van der Waals surface area contributed by atoms with Crippen LogP contribution >= 0.6 is 0 Å². The Morgan fingerprint density at radius 3 is 2.27 bits per heavy atom. The molecule has 0 fully saturated rings. The zero-order valence-electron chi connectivity index (χ0n) is 7.39. The van der Waals surface area contributed by atoms with Crippen LogP contribution < -0.4 is 0 Å². The molecule has 2 atom stereocenters. The quantitative estimate of drug-likeness (QED) is 0.584. The maximum Gasteiger partial charge on any atom is 0.150 e. The Morgan fingerprint density at radius 1 is 1.45 bits per heavy atom. The van der Waals surface area contributed by atoms with Crippen molar-refractivity contribution in [2.45, 2.75) is 45.3 Å². The molecule has 0 aromatic carbocycles. The first kappa shape index (κ1) is 10.5. The van der Waals surface area contributed by atoms with Crippen molar-refractivity contribution in [1.29, 1.82) is 0 Å². The van der Waals surface area contributed by atoms with Gasteiger partial charge in [-0.25, -0.2) is 0 Å². The number of rotatable bonds is 2. The van der Waals surface area contributed by atoms with Crippen molar-refractivity contribution in [1.82, 2.24) is 0 Å². The molecular weight excluding hydrogens is 140 g/mol. The average molecular weight is 156 g/mol. The zero-order valence-corrected chi connectivity index (χ0v) is 7.39. The lowest BCUT2D eigenvalue weighted by molar-refractivity contribution is -0.0240. The molecule has 2 unspecified atom stereocenters. The summed E-state index contributed by atoms with van der Waals surface area (Å²) in [5, 5.41) is 18.8. The van der Waals surface area contributed by atoms with E-state index in [2.05, 4.69) is 11.8 Å². The summed E-state index contributed by atoms with van der Waals surface area (Å²) in [6.07, 6.45) is 0.374. The molecule has 2 N–H and O–H groups in total. The van der Waals surface area contributed by atoms with Gasteiger partial charge >= 0.3 is 0 Å². The SMILES string of the molecule is CCC#CC(O)(CC)C(C)O. The van der Waals surface area contributed by atoms with Crippen LogP contribution in [0.25, 0.3) is 0 Å². The summed E-state index contributed by atoms with van der Waals surface area (Å²) in [4.78, 5) is 0. The van der Waals surface area contributed by atoms with Crippen LogP contribution in [0.3, 0.4) is 0 Å². The lowest BCUT2D eigenvalue weighted by Crippen LogP contribution is -2.38. The second-order valence-electron chi connectivity index (χ2n) is 2.61. The molecule has 0 aliphatic heterocycles. The monoisotopic (exact) mass is 156 g/mol. The molecule has 0 rings (SSSR count). The minimum Gasteiger partial charge on any atom is -0.389 e.